The van der Waals surface area contributed by atoms with Crippen molar-refractivity contribution >= 4 is 11.4 Å². The van der Waals surface area contributed by atoms with E-state index in [4.69, 9.17) is 19.9 Å². The lowest BCUT2D eigenvalue weighted by Gasteiger charge is -2.35. The van der Waals surface area contributed by atoms with Crippen LogP contribution in [0.15, 0.2) is 42.5 Å². The van der Waals surface area contributed by atoms with Crippen LogP contribution in [0.2, 0.25) is 0 Å². The SMILES string of the molecule is COc1ccc(OCCN2CC(C)Oc3cc(N)ccc32)cc1. The van der Waals surface area contributed by atoms with Crippen LogP contribution in [-0.2, 0) is 0 Å². The summed E-state index contributed by atoms with van der Waals surface area (Å²) in [6, 6.07) is 13.4. The highest BCUT2D eigenvalue weighted by molar-refractivity contribution is 5.65. The first-order valence-corrected chi connectivity index (χ1v) is 7.73. The van der Waals surface area contributed by atoms with E-state index in [9.17, 15) is 0 Å². The van der Waals surface area contributed by atoms with E-state index in [1.807, 2.05) is 42.5 Å². The lowest BCUT2D eigenvalue weighted by Crippen LogP contribution is -2.40. The molecule has 0 saturated heterocycles. The van der Waals surface area contributed by atoms with Gasteiger partial charge in [0.15, 0.2) is 0 Å². The molecule has 2 N–H and O–H groups in total. The van der Waals surface area contributed by atoms with Crippen molar-refractivity contribution in [3.8, 4) is 17.2 Å². The van der Waals surface area contributed by atoms with Crippen LogP contribution in [0.1, 0.15) is 6.92 Å². The maximum atomic E-state index is 5.86. The first-order valence-electron chi connectivity index (χ1n) is 7.73. The van der Waals surface area contributed by atoms with E-state index >= 15 is 0 Å². The number of anilines is 2. The fraction of sp³-hybridized carbons (Fsp3) is 0.333. The van der Waals surface area contributed by atoms with E-state index in [1.54, 1.807) is 7.11 Å². The summed E-state index contributed by atoms with van der Waals surface area (Å²) in [6.45, 7) is 4.28. The van der Waals surface area contributed by atoms with E-state index in [1.165, 1.54) is 0 Å². The summed E-state index contributed by atoms with van der Waals surface area (Å²) in [5, 5.41) is 0. The molecule has 1 aliphatic rings. The van der Waals surface area contributed by atoms with Crippen LogP contribution >= 0.6 is 0 Å². The van der Waals surface area contributed by atoms with Crippen LogP contribution in [0.25, 0.3) is 0 Å². The molecule has 1 atom stereocenters. The third kappa shape index (κ3) is 3.62. The topological polar surface area (TPSA) is 57.0 Å². The Morgan fingerprint density at radius 3 is 2.65 bits per heavy atom. The summed E-state index contributed by atoms with van der Waals surface area (Å²) in [6.07, 6.45) is 0.130. The van der Waals surface area contributed by atoms with Gasteiger partial charge in [-0.15, -0.1) is 0 Å². The largest absolute Gasteiger partial charge is 0.497 e. The van der Waals surface area contributed by atoms with E-state index in [0.29, 0.717) is 12.3 Å². The standard InChI is InChI=1S/C18H22N2O3/c1-13-12-20(17-8-3-14(19)11-18(17)23-13)9-10-22-16-6-4-15(21-2)5-7-16/h3-8,11,13H,9-10,12,19H2,1-2H3. The number of fused-ring (bicyclic) bond motifs is 1. The number of rotatable bonds is 5. The van der Waals surface area contributed by atoms with Crippen molar-refractivity contribution in [3.63, 3.8) is 0 Å². The van der Waals surface area contributed by atoms with Gasteiger partial charge in [0.2, 0.25) is 0 Å². The van der Waals surface area contributed by atoms with Gasteiger partial charge in [0, 0.05) is 11.8 Å². The zero-order valence-electron chi connectivity index (χ0n) is 13.5. The van der Waals surface area contributed by atoms with Crippen molar-refractivity contribution < 1.29 is 14.2 Å². The minimum atomic E-state index is 0.130. The molecular formula is C18H22N2O3. The summed E-state index contributed by atoms with van der Waals surface area (Å²) >= 11 is 0. The number of hydrogen-bond donors (Lipinski definition) is 1. The Labute approximate surface area is 136 Å². The van der Waals surface area contributed by atoms with Gasteiger partial charge in [0.25, 0.3) is 0 Å². The molecule has 0 radical (unpaired) electrons. The number of hydrogen-bond acceptors (Lipinski definition) is 5. The van der Waals surface area contributed by atoms with Crippen molar-refractivity contribution in [2.75, 3.05) is 37.4 Å². The second kappa shape index (κ2) is 6.69. The van der Waals surface area contributed by atoms with E-state index < -0.39 is 0 Å². The van der Waals surface area contributed by atoms with Gasteiger partial charge in [-0.3, -0.25) is 0 Å². The molecule has 122 valence electrons. The fourth-order valence-corrected chi connectivity index (χ4v) is 2.71. The van der Waals surface area contributed by atoms with Gasteiger partial charge >= 0.3 is 0 Å². The summed E-state index contributed by atoms with van der Waals surface area (Å²) in [5.74, 6) is 2.50. The molecule has 2 aromatic rings. The molecule has 0 fully saturated rings. The summed E-state index contributed by atoms with van der Waals surface area (Å²) in [7, 11) is 1.65. The molecule has 0 aromatic heterocycles. The molecule has 3 rings (SSSR count). The Morgan fingerprint density at radius 1 is 1.17 bits per heavy atom. The maximum absolute atomic E-state index is 5.86. The lowest BCUT2D eigenvalue weighted by molar-refractivity contribution is 0.208. The van der Waals surface area contributed by atoms with Crippen LogP contribution in [0.5, 0.6) is 17.2 Å². The number of nitrogen functional groups attached to an aromatic ring is 1. The van der Waals surface area contributed by atoms with Gasteiger partial charge in [-0.2, -0.15) is 0 Å². The Morgan fingerprint density at radius 2 is 1.91 bits per heavy atom. The third-order valence-corrected chi connectivity index (χ3v) is 3.82. The molecule has 1 aliphatic heterocycles. The summed E-state index contributed by atoms with van der Waals surface area (Å²) < 4.78 is 16.8. The quantitative estimate of drug-likeness (QED) is 0.860. The van der Waals surface area contributed by atoms with Crippen LogP contribution in [0.4, 0.5) is 11.4 Å². The van der Waals surface area contributed by atoms with Gasteiger partial charge in [0.05, 0.1) is 25.9 Å². The highest BCUT2D eigenvalue weighted by Crippen LogP contribution is 2.34. The maximum Gasteiger partial charge on any atom is 0.145 e. The number of benzene rings is 2. The number of methoxy groups -OCH3 is 1. The molecular weight excluding hydrogens is 292 g/mol. The fourth-order valence-electron chi connectivity index (χ4n) is 2.71. The molecule has 23 heavy (non-hydrogen) atoms. The first kappa shape index (κ1) is 15.3. The molecule has 0 bridgehead atoms. The highest BCUT2D eigenvalue weighted by Gasteiger charge is 2.22. The van der Waals surface area contributed by atoms with Gasteiger partial charge in [-0.25, -0.2) is 0 Å². The number of nitrogens with two attached hydrogens (primary N) is 1. The van der Waals surface area contributed by atoms with Gasteiger partial charge in [-0.1, -0.05) is 0 Å². The van der Waals surface area contributed by atoms with Gasteiger partial charge in [0.1, 0.15) is 30.0 Å². The zero-order chi connectivity index (χ0) is 16.2. The average Bonchev–Trinajstić information content (AvgIpc) is 2.55. The Balaban J connectivity index is 1.62. The molecule has 5 nitrogen and oxygen atoms in total. The predicted molar refractivity (Wildman–Crippen MR) is 91.6 cm³/mol. The molecule has 1 unspecified atom stereocenters. The second-order valence-electron chi connectivity index (χ2n) is 5.63. The Kier molecular flexibility index (Phi) is 4.46. The van der Waals surface area contributed by atoms with E-state index in [0.717, 1.165) is 36.0 Å². The van der Waals surface area contributed by atoms with E-state index in [2.05, 4.69) is 11.8 Å². The predicted octanol–water partition coefficient (Wildman–Crippen LogP) is 2.94. The second-order valence-corrected chi connectivity index (χ2v) is 5.63. The van der Waals surface area contributed by atoms with Crippen molar-refractivity contribution in [1.82, 2.24) is 0 Å². The van der Waals surface area contributed by atoms with E-state index in [-0.39, 0.29) is 6.10 Å². The van der Waals surface area contributed by atoms with Crippen LogP contribution in [0, 0.1) is 0 Å². The number of nitrogens with zero attached hydrogens (tertiary/aromatic N) is 1. The van der Waals surface area contributed by atoms with Crippen molar-refractivity contribution in [2.45, 2.75) is 13.0 Å². The normalized spacial score (nSPS) is 16.4. The third-order valence-electron chi connectivity index (χ3n) is 3.82. The van der Waals surface area contributed by atoms with Crippen LogP contribution < -0.4 is 24.8 Å². The number of ether oxygens (including phenoxy) is 3. The summed E-state index contributed by atoms with van der Waals surface area (Å²) in [5.41, 5.74) is 7.62. The monoisotopic (exact) mass is 314 g/mol. The molecule has 0 aliphatic carbocycles. The summed E-state index contributed by atoms with van der Waals surface area (Å²) in [4.78, 5) is 2.27. The van der Waals surface area contributed by atoms with Gasteiger partial charge < -0.3 is 24.8 Å². The smallest absolute Gasteiger partial charge is 0.145 e. The van der Waals surface area contributed by atoms with Gasteiger partial charge in [-0.05, 0) is 43.3 Å². The van der Waals surface area contributed by atoms with Crippen LogP contribution in [-0.4, -0.2) is 32.9 Å². The molecule has 5 heteroatoms. The van der Waals surface area contributed by atoms with Crippen molar-refractivity contribution in [2.24, 2.45) is 0 Å². The average molecular weight is 314 g/mol. The molecule has 2 aromatic carbocycles. The molecule has 0 saturated carbocycles. The molecule has 0 spiro atoms. The first-order chi connectivity index (χ1) is 11.2. The lowest BCUT2D eigenvalue weighted by atomic mass is 10.2. The minimum absolute atomic E-state index is 0.130. The minimum Gasteiger partial charge on any atom is -0.497 e. The molecule has 0 amide bonds. The Hall–Kier alpha value is -2.56. The van der Waals surface area contributed by atoms with Crippen LogP contribution in [0.3, 0.4) is 0 Å². The highest BCUT2D eigenvalue weighted by atomic mass is 16.5. The zero-order valence-corrected chi connectivity index (χ0v) is 13.5. The molecule has 1 heterocycles. The van der Waals surface area contributed by atoms with Crippen molar-refractivity contribution in [3.05, 3.63) is 42.5 Å². The Bertz CT molecular complexity index is 658. The van der Waals surface area contributed by atoms with Crippen molar-refractivity contribution in [1.29, 1.82) is 0 Å².